The van der Waals surface area contributed by atoms with E-state index in [-0.39, 0.29) is 34.1 Å². The summed E-state index contributed by atoms with van der Waals surface area (Å²) in [4.78, 5) is 0. The molecule has 0 saturated carbocycles. The first kappa shape index (κ1) is 16.4. The topological polar surface area (TPSA) is 96.7 Å². The van der Waals surface area contributed by atoms with Gasteiger partial charge in [0, 0.05) is 18.2 Å². The number of amidine groups is 1. The van der Waals surface area contributed by atoms with Crippen LogP contribution >= 0.6 is 0 Å². The molecule has 1 heterocycles. The molecule has 1 aromatic heterocycles. The maximum absolute atomic E-state index is 14.4. The van der Waals surface area contributed by atoms with Crippen molar-refractivity contribution in [3.8, 4) is 28.1 Å². The van der Waals surface area contributed by atoms with Crippen molar-refractivity contribution in [2.45, 2.75) is 0 Å². The number of phenolic OH excluding ortho intramolecular Hbond substituents is 1. The molecule has 6 nitrogen and oxygen atoms in total. The van der Waals surface area contributed by atoms with Crippen LogP contribution in [0, 0.1) is 11.6 Å². The molecular weight excluding hydrogens is 330 g/mol. The van der Waals surface area contributed by atoms with E-state index in [1.807, 2.05) is 0 Å². The molecule has 0 fully saturated rings. The number of halogens is 2. The first-order chi connectivity index (χ1) is 11.9. The van der Waals surface area contributed by atoms with E-state index in [0.29, 0.717) is 5.56 Å². The average molecular weight is 344 g/mol. The maximum Gasteiger partial charge on any atom is 0.189 e. The number of nitrogens with two attached hydrogens (primary N) is 1. The Hall–Kier alpha value is -3.42. The summed E-state index contributed by atoms with van der Waals surface area (Å²) in [5.41, 5.74) is 6.22. The van der Waals surface area contributed by atoms with E-state index < -0.39 is 11.6 Å². The zero-order valence-electron chi connectivity index (χ0n) is 13.1. The van der Waals surface area contributed by atoms with Gasteiger partial charge in [-0.2, -0.15) is 5.10 Å². The number of phenols is 1. The number of aromatic hydroxyl groups is 1. The Labute approximate surface area is 141 Å². The van der Waals surface area contributed by atoms with Crippen LogP contribution in [0.3, 0.4) is 0 Å². The number of aromatic nitrogens is 2. The van der Waals surface area contributed by atoms with Crippen molar-refractivity contribution < 1.29 is 19.1 Å². The number of hydrogen-bond donors (Lipinski definition) is 3. The number of oxime groups is 1. The standard InChI is InChI=1S/C17H14F2N4O2/c1-23-16(17(20)22-25)14(13-11(18)3-2-4-12(13)19)15(21-23)9-5-7-10(24)8-6-9/h2-8,24-25H,1H3,(H2,20,22). The summed E-state index contributed by atoms with van der Waals surface area (Å²) in [6.07, 6.45) is 0. The molecular formula is C17H14F2N4O2. The summed E-state index contributed by atoms with van der Waals surface area (Å²) in [5, 5.41) is 25.7. The van der Waals surface area contributed by atoms with Crippen molar-refractivity contribution in [1.82, 2.24) is 9.78 Å². The second kappa shape index (κ2) is 6.23. The van der Waals surface area contributed by atoms with Gasteiger partial charge in [-0.15, -0.1) is 0 Å². The van der Waals surface area contributed by atoms with E-state index >= 15 is 0 Å². The average Bonchev–Trinajstić information content (AvgIpc) is 2.92. The van der Waals surface area contributed by atoms with Gasteiger partial charge in [-0.1, -0.05) is 11.2 Å². The fraction of sp³-hybridized carbons (Fsp3) is 0.0588. The number of nitrogens with zero attached hydrogens (tertiary/aromatic N) is 3. The molecule has 0 unspecified atom stereocenters. The minimum absolute atomic E-state index is 0.0370. The largest absolute Gasteiger partial charge is 0.508 e. The third kappa shape index (κ3) is 2.78. The van der Waals surface area contributed by atoms with Crippen LogP contribution in [-0.4, -0.2) is 25.9 Å². The Morgan fingerprint density at radius 2 is 1.68 bits per heavy atom. The van der Waals surface area contributed by atoms with Gasteiger partial charge in [0.25, 0.3) is 0 Å². The van der Waals surface area contributed by atoms with Gasteiger partial charge in [-0.05, 0) is 36.4 Å². The molecule has 0 amide bonds. The molecule has 0 spiro atoms. The second-order valence-electron chi connectivity index (χ2n) is 5.32. The van der Waals surface area contributed by atoms with Crippen LogP contribution in [0.25, 0.3) is 22.4 Å². The van der Waals surface area contributed by atoms with Gasteiger partial charge in [-0.25, -0.2) is 8.78 Å². The molecule has 25 heavy (non-hydrogen) atoms. The Kier molecular flexibility index (Phi) is 4.10. The highest BCUT2D eigenvalue weighted by Crippen LogP contribution is 2.37. The van der Waals surface area contributed by atoms with Crippen molar-refractivity contribution in [2.24, 2.45) is 17.9 Å². The number of aryl methyl sites for hydroxylation is 1. The van der Waals surface area contributed by atoms with E-state index in [4.69, 9.17) is 10.9 Å². The molecule has 0 aliphatic heterocycles. The lowest BCUT2D eigenvalue weighted by Gasteiger charge is -2.09. The van der Waals surface area contributed by atoms with Crippen LogP contribution < -0.4 is 5.73 Å². The molecule has 0 saturated heterocycles. The van der Waals surface area contributed by atoms with Gasteiger partial charge in [0.2, 0.25) is 0 Å². The maximum atomic E-state index is 14.4. The lowest BCUT2D eigenvalue weighted by atomic mass is 9.97. The van der Waals surface area contributed by atoms with Crippen LogP contribution in [0.5, 0.6) is 5.75 Å². The molecule has 8 heteroatoms. The van der Waals surface area contributed by atoms with Crippen LogP contribution in [0.4, 0.5) is 8.78 Å². The van der Waals surface area contributed by atoms with Crippen molar-refractivity contribution >= 4 is 5.84 Å². The number of hydrogen-bond acceptors (Lipinski definition) is 4. The molecule has 0 aliphatic rings. The smallest absolute Gasteiger partial charge is 0.189 e. The SMILES string of the molecule is Cn1nc(-c2ccc(O)cc2)c(-c2c(F)cccc2F)c1/C(N)=N/O. The Bertz CT molecular complexity index is 945. The molecule has 0 radical (unpaired) electrons. The fourth-order valence-electron chi connectivity index (χ4n) is 2.66. The number of benzene rings is 2. The van der Waals surface area contributed by atoms with Gasteiger partial charge in [0.1, 0.15) is 28.8 Å². The van der Waals surface area contributed by atoms with Crippen molar-refractivity contribution in [3.05, 3.63) is 59.8 Å². The van der Waals surface area contributed by atoms with E-state index in [1.165, 1.54) is 29.9 Å². The molecule has 0 bridgehead atoms. The quantitative estimate of drug-likeness (QED) is 0.295. The third-order valence-corrected chi connectivity index (χ3v) is 3.75. The summed E-state index contributed by atoms with van der Waals surface area (Å²) in [7, 11) is 1.51. The van der Waals surface area contributed by atoms with Gasteiger partial charge in [-0.3, -0.25) is 4.68 Å². The predicted molar refractivity (Wildman–Crippen MR) is 88.2 cm³/mol. The zero-order chi connectivity index (χ0) is 18.1. The molecule has 3 aromatic rings. The first-order valence-corrected chi connectivity index (χ1v) is 7.22. The monoisotopic (exact) mass is 344 g/mol. The summed E-state index contributed by atoms with van der Waals surface area (Å²) >= 11 is 0. The van der Waals surface area contributed by atoms with Crippen LogP contribution in [0.1, 0.15) is 5.69 Å². The highest BCUT2D eigenvalue weighted by atomic mass is 19.1. The lowest BCUT2D eigenvalue weighted by Crippen LogP contribution is -2.18. The molecule has 0 atom stereocenters. The van der Waals surface area contributed by atoms with Gasteiger partial charge >= 0.3 is 0 Å². The first-order valence-electron chi connectivity index (χ1n) is 7.22. The molecule has 2 aromatic carbocycles. The minimum atomic E-state index is -0.806. The molecule has 4 N–H and O–H groups in total. The second-order valence-corrected chi connectivity index (χ2v) is 5.32. The molecule has 128 valence electrons. The summed E-state index contributed by atoms with van der Waals surface area (Å²) in [5.74, 6) is -1.91. The third-order valence-electron chi connectivity index (χ3n) is 3.75. The Morgan fingerprint density at radius 1 is 1.08 bits per heavy atom. The lowest BCUT2D eigenvalue weighted by molar-refractivity contribution is 0.318. The van der Waals surface area contributed by atoms with Crippen LogP contribution in [0.2, 0.25) is 0 Å². The summed E-state index contributed by atoms with van der Waals surface area (Å²) in [6.45, 7) is 0. The van der Waals surface area contributed by atoms with E-state index in [1.54, 1.807) is 12.1 Å². The highest BCUT2D eigenvalue weighted by molar-refractivity contribution is 6.05. The predicted octanol–water partition coefficient (Wildman–Crippen LogP) is 2.83. The minimum Gasteiger partial charge on any atom is -0.508 e. The molecule has 3 rings (SSSR count). The normalized spacial score (nSPS) is 11.7. The summed E-state index contributed by atoms with van der Waals surface area (Å²) < 4.78 is 30.1. The van der Waals surface area contributed by atoms with Gasteiger partial charge in [0.15, 0.2) is 5.84 Å². The van der Waals surface area contributed by atoms with Gasteiger partial charge in [0.05, 0.1) is 5.56 Å². The summed E-state index contributed by atoms with van der Waals surface area (Å²) in [6, 6.07) is 9.42. The Morgan fingerprint density at radius 3 is 2.24 bits per heavy atom. The highest BCUT2D eigenvalue weighted by Gasteiger charge is 2.26. The van der Waals surface area contributed by atoms with Crippen LogP contribution in [-0.2, 0) is 7.05 Å². The van der Waals surface area contributed by atoms with Crippen molar-refractivity contribution in [2.75, 3.05) is 0 Å². The van der Waals surface area contributed by atoms with E-state index in [9.17, 15) is 13.9 Å². The van der Waals surface area contributed by atoms with E-state index in [0.717, 1.165) is 12.1 Å². The van der Waals surface area contributed by atoms with Crippen molar-refractivity contribution in [1.29, 1.82) is 0 Å². The van der Waals surface area contributed by atoms with E-state index in [2.05, 4.69) is 10.3 Å². The number of rotatable bonds is 3. The fourth-order valence-corrected chi connectivity index (χ4v) is 2.66. The zero-order valence-corrected chi connectivity index (χ0v) is 13.1. The molecule has 0 aliphatic carbocycles. The van der Waals surface area contributed by atoms with Crippen molar-refractivity contribution in [3.63, 3.8) is 0 Å². The van der Waals surface area contributed by atoms with Gasteiger partial charge < -0.3 is 16.0 Å². The van der Waals surface area contributed by atoms with Crippen LogP contribution in [0.15, 0.2) is 47.6 Å². The Balaban J connectivity index is 2.40.